The molecule has 0 atom stereocenters. The highest BCUT2D eigenvalue weighted by atomic mass is 19.1. The number of benzene rings is 2. The van der Waals surface area contributed by atoms with Gasteiger partial charge >= 0.3 is 0 Å². The van der Waals surface area contributed by atoms with E-state index in [1.54, 1.807) is 11.0 Å². The molecule has 1 aromatic heterocycles. The third-order valence-corrected chi connectivity index (χ3v) is 5.50. The molecule has 0 radical (unpaired) electrons. The number of piperazine rings is 1. The highest BCUT2D eigenvalue weighted by molar-refractivity contribution is 5.92. The molecule has 178 valence electrons. The number of carbonyl (C=O) groups is 2. The van der Waals surface area contributed by atoms with Gasteiger partial charge in [0.25, 0.3) is 0 Å². The average molecular weight is 472 g/mol. The zero-order chi connectivity index (χ0) is 24.1. The summed E-state index contributed by atoms with van der Waals surface area (Å²) in [5.41, 5.74) is 0.500. The van der Waals surface area contributed by atoms with Crippen molar-refractivity contribution in [3.05, 3.63) is 72.0 Å². The van der Waals surface area contributed by atoms with Crippen LogP contribution in [0.2, 0.25) is 0 Å². The monoisotopic (exact) mass is 472 g/mol. The minimum atomic E-state index is -0.749. The number of hydrogen-bond acceptors (Lipinski definition) is 5. The Kier molecular flexibility index (Phi) is 7.27. The lowest BCUT2D eigenvalue weighted by Crippen LogP contribution is -2.50. The van der Waals surface area contributed by atoms with Crippen molar-refractivity contribution in [2.45, 2.75) is 12.8 Å². The first-order chi connectivity index (χ1) is 16.4. The molecule has 2 aromatic carbocycles. The van der Waals surface area contributed by atoms with Gasteiger partial charge in [0.05, 0.1) is 18.3 Å². The summed E-state index contributed by atoms with van der Waals surface area (Å²) in [6, 6.07) is 8.87. The standard InChI is InChI=1S/C24H23F3N4O3/c25-16-2-1-3-18(12-16)29-22(32)15-30-8-10-31(11-9-30)24(33)7-6-23-28-14-21(34-23)19-5-4-17(26)13-20(19)27/h1-5,12-14H,6-11,15H2,(H,29,32). The Hall–Kier alpha value is -3.66. The maximum Gasteiger partial charge on any atom is 0.238 e. The van der Waals surface area contributed by atoms with E-state index >= 15 is 0 Å². The summed E-state index contributed by atoms with van der Waals surface area (Å²) >= 11 is 0. The Labute approximate surface area is 194 Å². The molecule has 0 spiro atoms. The van der Waals surface area contributed by atoms with Gasteiger partial charge in [0, 0.05) is 50.8 Å². The molecular weight excluding hydrogens is 449 g/mol. The van der Waals surface area contributed by atoms with E-state index in [-0.39, 0.29) is 42.5 Å². The predicted molar refractivity (Wildman–Crippen MR) is 118 cm³/mol. The fraction of sp³-hybridized carbons (Fsp3) is 0.292. The molecule has 0 saturated carbocycles. The molecule has 2 amide bonds. The number of carbonyl (C=O) groups excluding carboxylic acids is 2. The Balaban J connectivity index is 1.21. The number of nitrogens with zero attached hydrogens (tertiary/aromatic N) is 3. The molecular formula is C24H23F3N4O3. The van der Waals surface area contributed by atoms with E-state index < -0.39 is 17.5 Å². The van der Waals surface area contributed by atoms with Crippen molar-refractivity contribution in [2.75, 3.05) is 38.0 Å². The molecule has 1 aliphatic heterocycles. The Morgan fingerprint density at radius 3 is 2.50 bits per heavy atom. The third kappa shape index (κ3) is 6.02. The Morgan fingerprint density at radius 2 is 1.76 bits per heavy atom. The largest absolute Gasteiger partial charge is 0.441 e. The molecule has 34 heavy (non-hydrogen) atoms. The van der Waals surface area contributed by atoms with E-state index in [4.69, 9.17) is 4.42 Å². The van der Waals surface area contributed by atoms with Crippen molar-refractivity contribution < 1.29 is 27.2 Å². The summed E-state index contributed by atoms with van der Waals surface area (Å²) in [5.74, 6) is -1.71. The number of aromatic nitrogens is 1. The van der Waals surface area contributed by atoms with Gasteiger partial charge in [0.15, 0.2) is 11.7 Å². The van der Waals surface area contributed by atoms with Gasteiger partial charge in [-0.15, -0.1) is 0 Å². The minimum Gasteiger partial charge on any atom is -0.441 e. The Morgan fingerprint density at radius 1 is 1.00 bits per heavy atom. The smallest absolute Gasteiger partial charge is 0.238 e. The van der Waals surface area contributed by atoms with E-state index in [0.29, 0.717) is 37.8 Å². The van der Waals surface area contributed by atoms with E-state index in [1.807, 2.05) is 4.90 Å². The quantitative estimate of drug-likeness (QED) is 0.570. The van der Waals surface area contributed by atoms with E-state index in [0.717, 1.165) is 12.1 Å². The summed E-state index contributed by atoms with van der Waals surface area (Å²) < 4.78 is 45.7. The van der Waals surface area contributed by atoms with E-state index in [1.165, 1.54) is 30.5 Å². The number of nitrogens with one attached hydrogen (secondary N) is 1. The number of oxazole rings is 1. The van der Waals surface area contributed by atoms with Crippen LogP contribution in [0.15, 0.2) is 53.1 Å². The average Bonchev–Trinajstić information content (AvgIpc) is 3.26. The van der Waals surface area contributed by atoms with Gasteiger partial charge in [-0.1, -0.05) is 6.07 Å². The van der Waals surface area contributed by atoms with Crippen LogP contribution in [0, 0.1) is 17.5 Å². The third-order valence-electron chi connectivity index (χ3n) is 5.50. The molecule has 1 fully saturated rings. The van der Waals surface area contributed by atoms with E-state index in [9.17, 15) is 22.8 Å². The SMILES string of the molecule is O=C(CN1CCN(C(=O)CCc2ncc(-c3ccc(F)cc3F)o2)CC1)Nc1cccc(F)c1. The van der Waals surface area contributed by atoms with Gasteiger partial charge in [-0.3, -0.25) is 14.5 Å². The fourth-order valence-corrected chi connectivity index (χ4v) is 3.74. The molecule has 1 saturated heterocycles. The zero-order valence-corrected chi connectivity index (χ0v) is 18.3. The van der Waals surface area contributed by atoms with Crippen molar-refractivity contribution in [3.8, 4) is 11.3 Å². The van der Waals surface area contributed by atoms with Crippen LogP contribution in [-0.2, 0) is 16.0 Å². The molecule has 7 nitrogen and oxygen atoms in total. The maximum absolute atomic E-state index is 13.9. The molecule has 1 aliphatic rings. The van der Waals surface area contributed by atoms with Gasteiger partial charge in [-0.25, -0.2) is 18.2 Å². The summed E-state index contributed by atoms with van der Waals surface area (Å²) in [5, 5.41) is 2.66. The second-order valence-electron chi connectivity index (χ2n) is 7.96. The molecule has 0 bridgehead atoms. The number of aryl methyl sites for hydroxylation is 1. The topological polar surface area (TPSA) is 78.7 Å². The van der Waals surface area contributed by atoms with Gasteiger partial charge in [0.2, 0.25) is 11.8 Å². The number of anilines is 1. The van der Waals surface area contributed by atoms with Crippen molar-refractivity contribution in [3.63, 3.8) is 0 Å². The minimum absolute atomic E-state index is 0.0726. The summed E-state index contributed by atoms with van der Waals surface area (Å²) in [6.45, 7) is 2.18. The van der Waals surface area contributed by atoms with Gasteiger partial charge in [-0.05, 0) is 30.3 Å². The highest BCUT2D eigenvalue weighted by Crippen LogP contribution is 2.24. The number of rotatable bonds is 7. The Bertz CT molecular complexity index is 1180. The summed E-state index contributed by atoms with van der Waals surface area (Å²) in [7, 11) is 0. The molecule has 3 aromatic rings. The first-order valence-electron chi connectivity index (χ1n) is 10.8. The molecule has 10 heteroatoms. The van der Waals surface area contributed by atoms with Crippen molar-refractivity contribution in [1.29, 1.82) is 0 Å². The zero-order valence-electron chi connectivity index (χ0n) is 18.3. The van der Waals surface area contributed by atoms with Gasteiger partial charge in [0.1, 0.15) is 17.5 Å². The van der Waals surface area contributed by atoms with Gasteiger partial charge < -0.3 is 14.6 Å². The lowest BCUT2D eigenvalue weighted by atomic mass is 10.2. The van der Waals surface area contributed by atoms with Crippen molar-refractivity contribution in [2.24, 2.45) is 0 Å². The van der Waals surface area contributed by atoms with Crippen LogP contribution < -0.4 is 5.32 Å². The van der Waals surface area contributed by atoms with Crippen molar-refractivity contribution in [1.82, 2.24) is 14.8 Å². The first-order valence-corrected chi connectivity index (χ1v) is 10.8. The predicted octanol–water partition coefficient (Wildman–Crippen LogP) is 3.47. The van der Waals surface area contributed by atoms with Crippen LogP contribution in [0.5, 0.6) is 0 Å². The molecule has 0 unspecified atom stereocenters. The lowest BCUT2D eigenvalue weighted by molar-refractivity contribution is -0.133. The van der Waals surface area contributed by atoms with Gasteiger partial charge in [-0.2, -0.15) is 0 Å². The van der Waals surface area contributed by atoms with Crippen LogP contribution >= 0.6 is 0 Å². The normalized spacial score (nSPS) is 14.3. The summed E-state index contributed by atoms with van der Waals surface area (Å²) in [6.07, 6.45) is 1.77. The molecule has 2 heterocycles. The number of amides is 2. The summed E-state index contributed by atoms with van der Waals surface area (Å²) in [4.78, 5) is 32.5. The molecule has 0 aliphatic carbocycles. The highest BCUT2D eigenvalue weighted by Gasteiger charge is 2.23. The van der Waals surface area contributed by atoms with Crippen molar-refractivity contribution >= 4 is 17.5 Å². The first kappa shape index (κ1) is 23.5. The van der Waals surface area contributed by atoms with Crippen LogP contribution in [0.4, 0.5) is 18.9 Å². The lowest BCUT2D eigenvalue weighted by Gasteiger charge is -2.34. The molecule has 4 rings (SSSR count). The van der Waals surface area contributed by atoms with E-state index in [2.05, 4.69) is 10.3 Å². The second-order valence-corrected chi connectivity index (χ2v) is 7.96. The van der Waals surface area contributed by atoms with Crippen LogP contribution in [0.1, 0.15) is 12.3 Å². The number of hydrogen-bond donors (Lipinski definition) is 1. The fourth-order valence-electron chi connectivity index (χ4n) is 3.74. The number of halogens is 3. The second kappa shape index (κ2) is 10.5. The van der Waals surface area contributed by atoms with Crippen LogP contribution in [-0.4, -0.2) is 59.3 Å². The maximum atomic E-state index is 13.9. The van der Waals surface area contributed by atoms with Crippen LogP contribution in [0.25, 0.3) is 11.3 Å². The molecule has 1 N–H and O–H groups in total. The van der Waals surface area contributed by atoms with Crippen LogP contribution in [0.3, 0.4) is 0 Å².